The third-order valence-corrected chi connectivity index (χ3v) is 6.05. The van der Waals surface area contributed by atoms with Crippen LogP contribution in [0.4, 0.5) is 0 Å². The van der Waals surface area contributed by atoms with Crippen molar-refractivity contribution in [3.05, 3.63) is 65.6 Å². The molecule has 0 atom stereocenters. The van der Waals surface area contributed by atoms with Crippen LogP contribution >= 0.6 is 0 Å². The van der Waals surface area contributed by atoms with Crippen molar-refractivity contribution in [3.63, 3.8) is 0 Å². The molecule has 9 heteroatoms. The number of piperazine rings is 1. The van der Waals surface area contributed by atoms with Crippen molar-refractivity contribution in [1.29, 1.82) is 0 Å². The first kappa shape index (κ1) is 18.6. The summed E-state index contributed by atoms with van der Waals surface area (Å²) in [5.41, 5.74) is 0.855. The molecule has 1 aromatic carbocycles. The molecule has 0 aliphatic carbocycles. The summed E-state index contributed by atoms with van der Waals surface area (Å²) in [4.78, 5) is 2.09. The third kappa shape index (κ3) is 4.38. The zero-order valence-corrected chi connectivity index (χ0v) is 16.0. The minimum atomic E-state index is -3.44. The molecule has 1 fully saturated rings. The highest BCUT2D eigenvalue weighted by Gasteiger charge is 2.26. The Morgan fingerprint density at radius 3 is 2.50 bits per heavy atom. The second-order valence-electron chi connectivity index (χ2n) is 6.41. The molecule has 3 aromatic rings. The molecule has 0 bridgehead atoms. The van der Waals surface area contributed by atoms with Crippen molar-refractivity contribution < 1.29 is 17.3 Å². The van der Waals surface area contributed by atoms with E-state index >= 15 is 0 Å². The van der Waals surface area contributed by atoms with Gasteiger partial charge in [-0.25, -0.2) is 8.42 Å². The molecule has 1 saturated heterocycles. The number of furan rings is 1. The van der Waals surface area contributed by atoms with E-state index in [0.717, 1.165) is 5.56 Å². The predicted octanol–water partition coefficient (Wildman–Crippen LogP) is 2.45. The first-order chi connectivity index (χ1) is 13.6. The molecule has 0 amide bonds. The highest BCUT2D eigenvalue weighted by Crippen LogP contribution is 2.19. The SMILES string of the molecule is O=S(=O)(C=Cc1ccccc1)N1CCN(Cc2nnc(-c3ccco3)o2)CC1. The highest BCUT2D eigenvalue weighted by atomic mass is 32.2. The molecule has 0 radical (unpaired) electrons. The molecular weight excluding hydrogens is 380 g/mol. The van der Waals surface area contributed by atoms with Crippen LogP contribution in [0, 0.1) is 0 Å². The fraction of sp³-hybridized carbons (Fsp3) is 0.263. The maximum Gasteiger partial charge on any atom is 0.283 e. The van der Waals surface area contributed by atoms with Gasteiger partial charge < -0.3 is 8.83 Å². The fourth-order valence-corrected chi connectivity index (χ4v) is 4.14. The van der Waals surface area contributed by atoms with Gasteiger partial charge in [-0.3, -0.25) is 4.90 Å². The van der Waals surface area contributed by atoms with Crippen LogP contribution in [-0.2, 0) is 16.6 Å². The van der Waals surface area contributed by atoms with Gasteiger partial charge in [0.1, 0.15) is 0 Å². The van der Waals surface area contributed by atoms with Crippen LogP contribution in [-0.4, -0.2) is 54.0 Å². The van der Waals surface area contributed by atoms with Gasteiger partial charge in [0, 0.05) is 31.6 Å². The third-order valence-electron chi connectivity index (χ3n) is 4.48. The van der Waals surface area contributed by atoms with Gasteiger partial charge in [-0.05, 0) is 23.8 Å². The van der Waals surface area contributed by atoms with Gasteiger partial charge in [-0.1, -0.05) is 30.3 Å². The molecular formula is C19H20N4O4S. The number of aromatic nitrogens is 2. The molecule has 8 nitrogen and oxygen atoms in total. The van der Waals surface area contributed by atoms with Crippen molar-refractivity contribution in [3.8, 4) is 11.7 Å². The molecule has 146 valence electrons. The maximum absolute atomic E-state index is 12.5. The first-order valence-electron chi connectivity index (χ1n) is 8.92. The summed E-state index contributed by atoms with van der Waals surface area (Å²) in [5, 5.41) is 9.28. The van der Waals surface area contributed by atoms with E-state index in [0.29, 0.717) is 50.3 Å². The predicted molar refractivity (Wildman–Crippen MR) is 103 cm³/mol. The Morgan fingerprint density at radius 2 is 1.79 bits per heavy atom. The van der Waals surface area contributed by atoms with Crippen molar-refractivity contribution in [2.45, 2.75) is 6.54 Å². The number of hydrogen-bond acceptors (Lipinski definition) is 7. The average molecular weight is 400 g/mol. The van der Waals surface area contributed by atoms with Crippen LogP contribution in [0.2, 0.25) is 0 Å². The van der Waals surface area contributed by atoms with E-state index in [2.05, 4.69) is 15.1 Å². The summed E-state index contributed by atoms with van der Waals surface area (Å²) in [6.07, 6.45) is 3.17. The molecule has 1 aliphatic heterocycles. The molecule has 0 N–H and O–H groups in total. The van der Waals surface area contributed by atoms with Crippen LogP contribution in [0.3, 0.4) is 0 Å². The minimum Gasteiger partial charge on any atom is -0.459 e. The Hall–Kier alpha value is -2.75. The molecule has 0 saturated carbocycles. The molecule has 0 unspecified atom stereocenters. The topological polar surface area (TPSA) is 92.7 Å². The Kier molecular flexibility index (Phi) is 5.38. The number of nitrogens with zero attached hydrogens (tertiary/aromatic N) is 4. The van der Waals surface area contributed by atoms with E-state index in [-0.39, 0.29) is 0 Å². The van der Waals surface area contributed by atoms with Gasteiger partial charge in [-0.15, -0.1) is 10.2 Å². The van der Waals surface area contributed by atoms with E-state index in [9.17, 15) is 8.42 Å². The summed E-state index contributed by atoms with van der Waals surface area (Å²) in [7, 11) is -3.44. The van der Waals surface area contributed by atoms with Gasteiger partial charge in [-0.2, -0.15) is 4.31 Å². The molecule has 3 heterocycles. The summed E-state index contributed by atoms with van der Waals surface area (Å²) in [6, 6.07) is 12.9. The second-order valence-corrected chi connectivity index (χ2v) is 8.23. The van der Waals surface area contributed by atoms with Gasteiger partial charge in [0.15, 0.2) is 5.76 Å². The molecule has 0 spiro atoms. The lowest BCUT2D eigenvalue weighted by atomic mass is 10.2. The van der Waals surface area contributed by atoms with Gasteiger partial charge >= 0.3 is 0 Å². The lowest BCUT2D eigenvalue weighted by molar-refractivity contribution is 0.169. The Labute approximate surface area is 163 Å². The molecule has 4 rings (SSSR count). The Balaban J connectivity index is 1.32. The Morgan fingerprint density at radius 1 is 1.00 bits per heavy atom. The van der Waals surface area contributed by atoms with Gasteiger partial charge in [0.05, 0.1) is 12.8 Å². The second kappa shape index (κ2) is 8.09. The van der Waals surface area contributed by atoms with Crippen LogP contribution in [0.1, 0.15) is 11.5 Å². The normalized spacial score (nSPS) is 16.7. The zero-order chi connectivity index (χ0) is 19.4. The highest BCUT2D eigenvalue weighted by molar-refractivity contribution is 7.92. The van der Waals surface area contributed by atoms with Crippen LogP contribution < -0.4 is 0 Å². The van der Waals surface area contributed by atoms with E-state index in [1.807, 2.05) is 30.3 Å². The van der Waals surface area contributed by atoms with Crippen molar-refractivity contribution in [2.24, 2.45) is 0 Å². The standard InChI is InChI=1S/C19H20N4O4S/c24-28(25,14-8-16-5-2-1-3-6-16)23-11-9-22(10-12-23)15-18-20-21-19(27-18)17-7-4-13-26-17/h1-8,13-14H,9-12,15H2. The summed E-state index contributed by atoms with van der Waals surface area (Å²) in [6.45, 7) is 2.50. The van der Waals surface area contributed by atoms with Gasteiger partial charge in [0.25, 0.3) is 5.89 Å². The molecule has 28 heavy (non-hydrogen) atoms. The summed E-state index contributed by atoms with van der Waals surface area (Å²) < 4.78 is 37.4. The van der Waals surface area contributed by atoms with E-state index in [4.69, 9.17) is 8.83 Å². The number of sulfonamides is 1. The maximum atomic E-state index is 12.5. The number of rotatable bonds is 6. The fourth-order valence-electron chi connectivity index (χ4n) is 2.97. The van der Waals surface area contributed by atoms with E-state index in [1.54, 1.807) is 24.5 Å². The monoisotopic (exact) mass is 400 g/mol. The Bertz CT molecular complexity index is 1020. The van der Waals surface area contributed by atoms with E-state index in [1.165, 1.54) is 9.71 Å². The largest absolute Gasteiger partial charge is 0.459 e. The molecule has 2 aromatic heterocycles. The lowest BCUT2D eigenvalue weighted by Gasteiger charge is -2.32. The molecule has 1 aliphatic rings. The van der Waals surface area contributed by atoms with Crippen LogP contribution in [0.5, 0.6) is 0 Å². The first-order valence-corrected chi connectivity index (χ1v) is 10.4. The number of benzene rings is 1. The zero-order valence-electron chi connectivity index (χ0n) is 15.1. The van der Waals surface area contributed by atoms with Crippen molar-refractivity contribution >= 4 is 16.1 Å². The number of hydrogen-bond donors (Lipinski definition) is 0. The summed E-state index contributed by atoms with van der Waals surface area (Å²) in [5.74, 6) is 1.35. The van der Waals surface area contributed by atoms with Crippen molar-refractivity contribution in [2.75, 3.05) is 26.2 Å². The quantitative estimate of drug-likeness (QED) is 0.627. The van der Waals surface area contributed by atoms with E-state index < -0.39 is 10.0 Å². The minimum absolute atomic E-state index is 0.340. The van der Waals surface area contributed by atoms with Gasteiger partial charge in [0.2, 0.25) is 15.9 Å². The summed E-state index contributed by atoms with van der Waals surface area (Å²) >= 11 is 0. The van der Waals surface area contributed by atoms with Crippen molar-refractivity contribution in [1.82, 2.24) is 19.4 Å². The lowest BCUT2D eigenvalue weighted by Crippen LogP contribution is -2.47. The smallest absolute Gasteiger partial charge is 0.283 e. The van der Waals surface area contributed by atoms with Crippen LogP contribution in [0.25, 0.3) is 17.7 Å². The average Bonchev–Trinajstić information content (AvgIpc) is 3.40. The van der Waals surface area contributed by atoms with Crippen LogP contribution in [0.15, 0.2) is 63.0 Å².